The molecule has 134 valence electrons. The number of carbonyl (C=O) groups excluding carboxylic acids is 1. The molecule has 0 aromatic heterocycles. The Labute approximate surface area is 152 Å². The topological polar surface area (TPSA) is 72.2 Å². The number of amides is 1. The highest BCUT2D eigenvalue weighted by Gasteiger charge is 2.16. The van der Waals surface area contributed by atoms with Gasteiger partial charge in [0.1, 0.15) is 0 Å². The van der Waals surface area contributed by atoms with Gasteiger partial charge in [0.05, 0.1) is 4.92 Å². The predicted molar refractivity (Wildman–Crippen MR) is 102 cm³/mol. The summed E-state index contributed by atoms with van der Waals surface area (Å²) in [5.74, 6) is -0.117. The van der Waals surface area contributed by atoms with Crippen molar-refractivity contribution in [2.75, 3.05) is 0 Å². The van der Waals surface area contributed by atoms with Crippen LogP contribution in [0, 0.1) is 10.1 Å². The summed E-state index contributed by atoms with van der Waals surface area (Å²) >= 11 is 0. The lowest BCUT2D eigenvalue weighted by Crippen LogP contribution is -2.35. The van der Waals surface area contributed by atoms with Crippen LogP contribution < -0.4 is 5.32 Å². The van der Waals surface area contributed by atoms with Crippen molar-refractivity contribution in [3.8, 4) is 0 Å². The fourth-order valence-electron chi connectivity index (χ4n) is 3.33. The molecule has 0 aliphatic heterocycles. The van der Waals surface area contributed by atoms with Gasteiger partial charge in [-0.25, -0.2) is 0 Å². The Morgan fingerprint density at radius 2 is 1.58 bits per heavy atom. The van der Waals surface area contributed by atoms with Crippen LogP contribution in [0.5, 0.6) is 0 Å². The summed E-state index contributed by atoms with van der Waals surface area (Å²) in [4.78, 5) is 23.0. The molecule has 2 aromatic carbocycles. The van der Waals surface area contributed by atoms with Crippen molar-refractivity contribution in [2.24, 2.45) is 0 Å². The van der Waals surface area contributed by atoms with Crippen LogP contribution in [-0.4, -0.2) is 16.9 Å². The average molecular weight is 350 g/mol. The molecule has 3 rings (SSSR count). The molecule has 26 heavy (non-hydrogen) atoms. The number of nitro groups is 1. The minimum atomic E-state index is -0.425. The maximum atomic E-state index is 12.5. The second kappa shape index (κ2) is 8.43. The summed E-state index contributed by atoms with van der Waals surface area (Å²) in [5.41, 5.74) is 2.47. The second-order valence-corrected chi connectivity index (χ2v) is 6.57. The molecule has 1 aliphatic carbocycles. The number of carbonyl (C=O) groups is 1. The van der Waals surface area contributed by atoms with E-state index in [1.807, 2.05) is 30.3 Å². The Balaban J connectivity index is 1.87. The van der Waals surface area contributed by atoms with Gasteiger partial charge in [-0.15, -0.1) is 0 Å². The van der Waals surface area contributed by atoms with Crippen LogP contribution in [0.2, 0.25) is 0 Å². The normalized spacial score (nSPS) is 15.5. The highest BCUT2D eigenvalue weighted by molar-refractivity contribution is 5.99. The third kappa shape index (κ3) is 4.57. The lowest BCUT2D eigenvalue weighted by molar-refractivity contribution is -0.384. The van der Waals surface area contributed by atoms with E-state index in [1.165, 1.54) is 18.6 Å². The SMILES string of the molecule is O=C(/C=C(/c1ccccc1)c1ccc([N+](=O)[O-])cc1)NC1CCCCC1. The molecule has 0 heterocycles. The van der Waals surface area contributed by atoms with Gasteiger partial charge in [-0.05, 0) is 41.7 Å². The van der Waals surface area contributed by atoms with E-state index in [2.05, 4.69) is 5.32 Å². The first-order valence-electron chi connectivity index (χ1n) is 8.96. The molecule has 1 N–H and O–H groups in total. The molecule has 2 aromatic rings. The number of nitrogens with zero attached hydrogens (tertiary/aromatic N) is 1. The molecule has 1 amide bonds. The first-order chi connectivity index (χ1) is 12.6. The predicted octanol–water partition coefficient (Wildman–Crippen LogP) is 4.48. The van der Waals surface area contributed by atoms with Gasteiger partial charge in [0.2, 0.25) is 5.91 Å². The smallest absolute Gasteiger partial charge is 0.269 e. The summed E-state index contributed by atoms with van der Waals surface area (Å²) in [5, 5.41) is 14.0. The van der Waals surface area contributed by atoms with E-state index in [4.69, 9.17) is 0 Å². The number of non-ortho nitro benzene ring substituents is 1. The van der Waals surface area contributed by atoms with Gasteiger partial charge in [-0.2, -0.15) is 0 Å². The summed E-state index contributed by atoms with van der Waals surface area (Å²) < 4.78 is 0. The van der Waals surface area contributed by atoms with E-state index < -0.39 is 4.92 Å². The zero-order valence-corrected chi connectivity index (χ0v) is 14.6. The standard InChI is InChI=1S/C21H22N2O3/c24-21(22-18-9-5-2-6-10-18)15-20(16-7-3-1-4-8-16)17-11-13-19(14-12-17)23(25)26/h1,3-4,7-8,11-15,18H,2,5-6,9-10H2,(H,22,24)/b20-15-. The Bertz CT molecular complexity index is 792. The summed E-state index contributed by atoms with van der Waals surface area (Å²) in [7, 11) is 0. The van der Waals surface area contributed by atoms with Crippen LogP contribution in [0.1, 0.15) is 43.2 Å². The number of benzene rings is 2. The largest absolute Gasteiger partial charge is 0.350 e. The molecule has 5 heteroatoms. The molecule has 0 unspecified atom stereocenters. The molecular formula is C21H22N2O3. The maximum Gasteiger partial charge on any atom is 0.269 e. The van der Waals surface area contributed by atoms with Crippen LogP contribution in [-0.2, 0) is 4.79 Å². The monoisotopic (exact) mass is 350 g/mol. The first kappa shape index (κ1) is 17.9. The van der Waals surface area contributed by atoms with E-state index in [-0.39, 0.29) is 17.6 Å². The highest BCUT2D eigenvalue weighted by Crippen LogP contribution is 2.25. The Morgan fingerprint density at radius 1 is 0.962 bits per heavy atom. The maximum absolute atomic E-state index is 12.5. The number of rotatable bonds is 5. The molecule has 0 saturated heterocycles. The van der Waals surface area contributed by atoms with Crippen molar-refractivity contribution in [2.45, 2.75) is 38.1 Å². The molecular weight excluding hydrogens is 328 g/mol. The van der Waals surface area contributed by atoms with E-state index in [9.17, 15) is 14.9 Å². The zero-order valence-electron chi connectivity index (χ0n) is 14.6. The Morgan fingerprint density at radius 3 is 2.19 bits per heavy atom. The van der Waals surface area contributed by atoms with E-state index in [1.54, 1.807) is 18.2 Å². The van der Waals surface area contributed by atoms with Gasteiger partial charge in [0, 0.05) is 24.3 Å². The van der Waals surface area contributed by atoms with E-state index >= 15 is 0 Å². The molecule has 0 atom stereocenters. The van der Waals surface area contributed by atoms with Crippen LogP contribution >= 0.6 is 0 Å². The fourth-order valence-corrected chi connectivity index (χ4v) is 3.33. The average Bonchev–Trinajstić information content (AvgIpc) is 2.68. The summed E-state index contributed by atoms with van der Waals surface area (Å²) in [6.45, 7) is 0. The van der Waals surface area contributed by atoms with Crippen molar-refractivity contribution in [1.82, 2.24) is 5.32 Å². The minimum Gasteiger partial charge on any atom is -0.350 e. The van der Waals surface area contributed by atoms with Crippen molar-refractivity contribution in [3.63, 3.8) is 0 Å². The molecule has 5 nitrogen and oxygen atoms in total. The van der Waals surface area contributed by atoms with Crippen molar-refractivity contribution >= 4 is 17.2 Å². The van der Waals surface area contributed by atoms with Gasteiger partial charge in [0.25, 0.3) is 5.69 Å². The van der Waals surface area contributed by atoms with E-state index in [0.717, 1.165) is 42.4 Å². The van der Waals surface area contributed by atoms with E-state index in [0.29, 0.717) is 0 Å². The third-order valence-electron chi connectivity index (χ3n) is 4.70. The zero-order chi connectivity index (χ0) is 18.4. The summed E-state index contributed by atoms with van der Waals surface area (Å²) in [6.07, 6.45) is 7.20. The van der Waals surface area contributed by atoms with Gasteiger partial charge in [-0.1, -0.05) is 49.6 Å². The second-order valence-electron chi connectivity index (χ2n) is 6.57. The molecule has 0 radical (unpaired) electrons. The number of hydrogen-bond acceptors (Lipinski definition) is 3. The Hall–Kier alpha value is -2.95. The van der Waals surface area contributed by atoms with Gasteiger partial charge >= 0.3 is 0 Å². The molecule has 0 spiro atoms. The fraction of sp³-hybridized carbons (Fsp3) is 0.286. The van der Waals surface area contributed by atoms with Crippen LogP contribution in [0.3, 0.4) is 0 Å². The first-order valence-corrected chi connectivity index (χ1v) is 8.96. The van der Waals surface area contributed by atoms with Gasteiger partial charge in [0.15, 0.2) is 0 Å². The Kier molecular flexibility index (Phi) is 5.79. The number of hydrogen-bond donors (Lipinski definition) is 1. The van der Waals surface area contributed by atoms with Crippen LogP contribution in [0.4, 0.5) is 5.69 Å². The molecule has 0 bridgehead atoms. The van der Waals surface area contributed by atoms with Gasteiger partial charge < -0.3 is 5.32 Å². The van der Waals surface area contributed by atoms with Crippen molar-refractivity contribution in [1.29, 1.82) is 0 Å². The van der Waals surface area contributed by atoms with Crippen molar-refractivity contribution < 1.29 is 9.72 Å². The molecule has 1 aliphatic rings. The number of nitrogens with one attached hydrogen (secondary N) is 1. The minimum absolute atomic E-state index is 0.0350. The quantitative estimate of drug-likeness (QED) is 0.491. The highest BCUT2D eigenvalue weighted by atomic mass is 16.6. The number of nitro benzene ring substituents is 1. The molecule has 1 saturated carbocycles. The van der Waals surface area contributed by atoms with Crippen LogP contribution in [0.15, 0.2) is 60.7 Å². The van der Waals surface area contributed by atoms with Crippen LogP contribution in [0.25, 0.3) is 5.57 Å². The summed E-state index contributed by atoms with van der Waals surface area (Å²) in [6, 6.07) is 16.1. The lowest BCUT2D eigenvalue weighted by Gasteiger charge is -2.22. The lowest BCUT2D eigenvalue weighted by atomic mass is 9.94. The molecule has 1 fully saturated rings. The van der Waals surface area contributed by atoms with Crippen molar-refractivity contribution in [3.05, 3.63) is 81.9 Å². The van der Waals surface area contributed by atoms with Gasteiger partial charge in [-0.3, -0.25) is 14.9 Å². The third-order valence-corrected chi connectivity index (χ3v) is 4.70.